The maximum absolute atomic E-state index is 12.8. The molecular weight excluding hydrogens is 362 g/mol. The number of hydrogen-bond acceptors (Lipinski definition) is 3. The van der Waals surface area contributed by atoms with Crippen molar-refractivity contribution in [2.24, 2.45) is 0 Å². The van der Waals surface area contributed by atoms with Crippen molar-refractivity contribution in [2.75, 3.05) is 11.9 Å². The fourth-order valence-corrected chi connectivity index (χ4v) is 3.99. The summed E-state index contributed by atoms with van der Waals surface area (Å²) in [5.41, 5.74) is 2.07. The third-order valence-corrected chi connectivity index (χ3v) is 5.52. The molecule has 2 aromatic carbocycles. The quantitative estimate of drug-likeness (QED) is 0.706. The number of para-hydroxylation sites is 1. The zero-order valence-electron chi connectivity index (χ0n) is 17.4. The molecule has 1 aliphatic carbocycles. The number of amides is 2. The van der Waals surface area contributed by atoms with Crippen molar-refractivity contribution in [2.45, 2.75) is 58.2 Å². The van der Waals surface area contributed by atoms with Gasteiger partial charge in [-0.2, -0.15) is 0 Å². The van der Waals surface area contributed by atoms with E-state index in [4.69, 9.17) is 0 Å². The van der Waals surface area contributed by atoms with Crippen LogP contribution in [0, 0.1) is 0 Å². The van der Waals surface area contributed by atoms with Gasteiger partial charge in [-0.05, 0) is 44.4 Å². The first-order valence-corrected chi connectivity index (χ1v) is 10.5. The van der Waals surface area contributed by atoms with Gasteiger partial charge in [-0.1, -0.05) is 55.3 Å². The van der Waals surface area contributed by atoms with Crippen molar-refractivity contribution in [1.29, 1.82) is 0 Å². The number of rotatable bonds is 8. The van der Waals surface area contributed by atoms with Gasteiger partial charge in [0.1, 0.15) is 0 Å². The highest BCUT2D eigenvalue weighted by Gasteiger charge is 2.26. The van der Waals surface area contributed by atoms with Gasteiger partial charge in [-0.3, -0.25) is 14.5 Å². The minimum absolute atomic E-state index is 0.0751. The van der Waals surface area contributed by atoms with Crippen molar-refractivity contribution < 1.29 is 9.59 Å². The van der Waals surface area contributed by atoms with Gasteiger partial charge in [0, 0.05) is 18.6 Å². The monoisotopic (exact) mass is 393 g/mol. The Kier molecular flexibility index (Phi) is 7.42. The Hall–Kier alpha value is -2.66. The summed E-state index contributed by atoms with van der Waals surface area (Å²) in [6, 6.07) is 17.7. The molecule has 29 heavy (non-hydrogen) atoms. The molecule has 2 aromatic rings. The zero-order chi connectivity index (χ0) is 20.6. The molecule has 0 atom stereocenters. The van der Waals surface area contributed by atoms with E-state index in [1.165, 1.54) is 12.8 Å². The van der Waals surface area contributed by atoms with Crippen LogP contribution in [0.3, 0.4) is 0 Å². The normalized spacial score (nSPS) is 14.3. The second-order valence-corrected chi connectivity index (χ2v) is 7.97. The molecule has 0 saturated heterocycles. The van der Waals surface area contributed by atoms with Crippen LogP contribution in [0.4, 0.5) is 5.69 Å². The van der Waals surface area contributed by atoms with Crippen LogP contribution in [0.2, 0.25) is 0 Å². The number of hydrogen-bond donors (Lipinski definition) is 2. The molecule has 0 unspecified atom stereocenters. The van der Waals surface area contributed by atoms with Gasteiger partial charge in [0.05, 0.1) is 17.8 Å². The lowest BCUT2D eigenvalue weighted by Gasteiger charge is -2.31. The van der Waals surface area contributed by atoms with E-state index in [0.29, 0.717) is 36.4 Å². The van der Waals surface area contributed by atoms with E-state index in [0.717, 1.165) is 18.4 Å². The average Bonchev–Trinajstić information content (AvgIpc) is 3.25. The second-order valence-electron chi connectivity index (χ2n) is 7.97. The van der Waals surface area contributed by atoms with Gasteiger partial charge < -0.3 is 10.6 Å². The van der Waals surface area contributed by atoms with Crippen LogP contribution < -0.4 is 10.6 Å². The Morgan fingerprint density at radius 1 is 1.00 bits per heavy atom. The molecule has 0 aromatic heterocycles. The lowest BCUT2D eigenvalue weighted by Crippen LogP contribution is -2.44. The number of carbonyl (C=O) groups excluding carboxylic acids is 2. The number of anilines is 1. The topological polar surface area (TPSA) is 61.4 Å². The molecule has 154 valence electrons. The Labute approximate surface area is 173 Å². The summed E-state index contributed by atoms with van der Waals surface area (Å²) in [5.74, 6) is -0.268. The number of nitrogens with zero attached hydrogens (tertiary/aromatic N) is 1. The molecule has 0 spiro atoms. The van der Waals surface area contributed by atoms with Crippen LogP contribution in [-0.4, -0.2) is 35.3 Å². The van der Waals surface area contributed by atoms with E-state index in [9.17, 15) is 9.59 Å². The summed E-state index contributed by atoms with van der Waals surface area (Å²) in [4.78, 5) is 27.7. The molecule has 5 nitrogen and oxygen atoms in total. The minimum Gasteiger partial charge on any atom is -0.348 e. The SMILES string of the molecule is CC(C)N(CC(=O)Nc1ccccc1C(=O)NCc1ccccc1)C1CCCC1. The molecule has 0 heterocycles. The van der Waals surface area contributed by atoms with Crippen molar-refractivity contribution in [1.82, 2.24) is 10.2 Å². The first kappa shape index (κ1) is 21.1. The van der Waals surface area contributed by atoms with Crippen molar-refractivity contribution in [3.05, 3.63) is 65.7 Å². The lowest BCUT2D eigenvalue weighted by molar-refractivity contribution is -0.118. The molecular formula is C24H31N3O2. The fourth-order valence-electron chi connectivity index (χ4n) is 3.99. The summed E-state index contributed by atoms with van der Waals surface area (Å²) in [6.07, 6.45) is 4.79. The highest BCUT2D eigenvalue weighted by molar-refractivity contribution is 6.04. The third-order valence-electron chi connectivity index (χ3n) is 5.52. The van der Waals surface area contributed by atoms with Crippen molar-refractivity contribution in [3.8, 4) is 0 Å². The largest absolute Gasteiger partial charge is 0.348 e. The fraction of sp³-hybridized carbons (Fsp3) is 0.417. The van der Waals surface area contributed by atoms with Gasteiger partial charge in [-0.15, -0.1) is 0 Å². The Morgan fingerprint density at radius 2 is 1.66 bits per heavy atom. The summed E-state index contributed by atoms with van der Waals surface area (Å²) >= 11 is 0. The second kappa shape index (κ2) is 10.2. The maximum atomic E-state index is 12.8. The first-order chi connectivity index (χ1) is 14.0. The number of benzene rings is 2. The lowest BCUT2D eigenvalue weighted by atomic mass is 10.1. The van der Waals surface area contributed by atoms with Gasteiger partial charge in [0.15, 0.2) is 0 Å². The van der Waals surface area contributed by atoms with Gasteiger partial charge in [-0.25, -0.2) is 0 Å². The van der Waals surface area contributed by atoms with E-state index in [1.807, 2.05) is 42.5 Å². The molecule has 0 aliphatic heterocycles. The van der Waals surface area contributed by atoms with E-state index in [2.05, 4.69) is 29.4 Å². The molecule has 1 saturated carbocycles. The van der Waals surface area contributed by atoms with Crippen molar-refractivity contribution >= 4 is 17.5 Å². The molecule has 0 bridgehead atoms. The van der Waals surface area contributed by atoms with E-state index in [1.54, 1.807) is 12.1 Å². The maximum Gasteiger partial charge on any atom is 0.253 e. The van der Waals surface area contributed by atoms with Crippen molar-refractivity contribution in [3.63, 3.8) is 0 Å². The molecule has 0 radical (unpaired) electrons. The van der Waals surface area contributed by atoms with E-state index < -0.39 is 0 Å². The van der Waals surface area contributed by atoms with Crippen LogP contribution in [0.15, 0.2) is 54.6 Å². The zero-order valence-corrected chi connectivity index (χ0v) is 17.4. The van der Waals surface area contributed by atoms with E-state index in [-0.39, 0.29) is 11.8 Å². The smallest absolute Gasteiger partial charge is 0.253 e. The van der Waals surface area contributed by atoms with Crippen LogP contribution in [0.1, 0.15) is 55.5 Å². The summed E-state index contributed by atoms with van der Waals surface area (Å²) in [7, 11) is 0. The number of nitrogens with one attached hydrogen (secondary N) is 2. The molecule has 1 fully saturated rings. The van der Waals surface area contributed by atoms with Gasteiger partial charge >= 0.3 is 0 Å². The summed E-state index contributed by atoms with van der Waals surface area (Å²) in [5, 5.41) is 5.89. The predicted molar refractivity (Wildman–Crippen MR) is 117 cm³/mol. The van der Waals surface area contributed by atoms with Gasteiger partial charge in [0.25, 0.3) is 5.91 Å². The predicted octanol–water partition coefficient (Wildman–Crippen LogP) is 4.21. The molecule has 5 heteroatoms. The highest BCUT2D eigenvalue weighted by atomic mass is 16.2. The minimum atomic E-state index is -0.193. The highest BCUT2D eigenvalue weighted by Crippen LogP contribution is 2.25. The third kappa shape index (κ3) is 5.91. The molecule has 2 amide bonds. The molecule has 3 rings (SSSR count). The Morgan fingerprint density at radius 3 is 2.34 bits per heavy atom. The van der Waals surface area contributed by atoms with Crippen LogP contribution in [0.25, 0.3) is 0 Å². The van der Waals surface area contributed by atoms with Crippen LogP contribution in [-0.2, 0) is 11.3 Å². The first-order valence-electron chi connectivity index (χ1n) is 10.5. The summed E-state index contributed by atoms with van der Waals surface area (Å²) < 4.78 is 0. The standard InChI is InChI=1S/C24H31N3O2/c1-18(2)27(20-12-6-7-13-20)17-23(28)26-22-15-9-8-14-21(22)24(29)25-16-19-10-4-3-5-11-19/h3-5,8-11,14-15,18,20H,6-7,12-13,16-17H2,1-2H3,(H,25,29)(H,26,28). The van der Waals surface area contributed by atoms with Crippen LogP contribution in [0.5, 0.6) is 0 Å². The van der Waals surface area contributed by atoms with Gasteiger partial charge in [0.2, 0.25) is 5.91 Å². The molecule has 2 N–H and O–H groups in total. The Balaban J connectivity index is 1.63. The number of carbonyl (C=O) groups is 2. The molecule has 1 aliphatic rings. The summed E-state index contributed by atoms with van der Waals surface area (Å²) in [6.45, 7) is 5.07. The average molecular weight is 394 g/mol. The van der Waals surface area contributed by atoms with Crippen LogP contribution >= 0.6 is 0 Å². The Bertz CT molecular complexity index is 814. The van der Waals surface area contributed by atoms with E-state index >= 15 is 0 Å².